The number of carbonyl (C=O) groups excluding carboxylic acids is 1. The van der Waals surface area contributed by atoms with E-state index in [-0.39, 0.29) is 18.2 Å². The van der Waals surface area contributed by atoms with Crippen LogP contribution in [0.4, 0.5) is 10.5 Å². The molecule has 0 radical (unpaired) electrons. The second-order valence-electron chi connectivity index (χ2n) is 10.2. The van der Waals surface area contributed by atoms with Crippen LogP contribution in [-0.4, -0.2) is 63.0 Å². The molecular weight excluding hydrogens is 426 g/mol. The first-order valence-corrected chi connectivity index (χ1v) is 13.0. The van der Waals surface area contributed by atoms with Gasteiger partial charge in [0, 0.05) is 25.3 Å². The minimum absolute atomic E-state index is 0.0371. The molecule has 6 heteroatoms. The number of aryl methyl sites for hydroxylation is 1. The Morgan fingerprint density at radius 2 is 1.71 bits per heavy atom. The summed E-state index contributed by atoms with van der Waals surface area (Å²) >= 11 is 0. The third-order valence-electron chi connectivity index (χ3n) is 8.18. The molecule has 4 heterocycles. The summed E-state index contributed by atoms with van der Waals surface area (Å²) in [5.74, 6) is 0.534. The lowest BCUT2D eigenvalue weighted by atomic mass is 9.85. The number of anilines is 1. The predicted octanol–water partition coefficient (Wildman–Crippen LogP) is 4.39. The third kappa shape index (κ3) is 4.53. The number of benzene rings is 2. The van der Waals surface area contributed by atoms with Crippen LogP contribution in [0.3, 0.4) is 0 Å². The Hall–Kier alpha value is -2.57. The van der Waals surface area contributed by atoms with E-state index in [1.54, 1.807) is 0 Å². The average molecular weight is 462 g/mol. The molecule has 4 aliphatic heterocycles. The highest BCUT2D eigenvalue weighted by Crippen LogP contribution is 2.34. The van der Waals surface area contributed by atoms with Gasteiger partial charge >= 0.3 is 6.09 Å². The van der Waals surface area contributed by atoms with E-state index in [0.717, 1.165) is 78.0 Å². The van der Waals surface area contributed by atoms with Crippen LogP contribution >= 0.6 is 0 Å². The number of morpholine rings is 1. The van der Waals surface area contributed by atoms with Crippen molar-refractivity contribution in [3.05, 3.63) is 53.6 Å². The number of nitrogens with one attached hydrogen (secondary N) is 1. The highest BCUT2D eigenvalue weighted by atomic mass is 16.6. The molecular formula is C28H35N3O3. The first-order chi connectivity index (χ1) is 16.7. The van der Waals surface area contributed by atoms with E-state index in [1.807, 2.05) is 0 Å². The van der Waals surface area contributed by atoms with Crippen molar-refractivity contribution < 1.29 is 14.3 Å². The minimum atomic E-state index is -0.251. The van der Waals surface area contributed by atoms with Crippen LogP contribution in [0.1, 0.15) is 42.9 Å². The van der Waals surface area contributed by atoms with Crippen molar-refractivity contribution in [2.45, 2.75) is 44.2 Å². The Labute approximate surface area is 202 Å². The second kappa shape index (κ2) is 9.59. The number of fused-ring (bicyclic) bond motifs is 4. The normalized spacial score (nSPS) is 28.3. The number of carbonyl (C=O) groups is 1. The molecule has 7 rings (SSSR count). The highest BCUT2D eigenvalue weighted by Gasteiger charge is 2.37. The summed E-state index contributed by atoms with van der Waals surface area (Å²) in [7, 11) is 0. The number of rotatable bonds is 4. The van der Waals surface area contributed by atoms with Crippen LogP contribution in [0.25, 0.3) is 11.1 Å². The van der Waals surface area contributed by atoms with Crippen LogP contribution in [-0.2, 0) is 15.9 Å². The Kier molecular flexibility index (Phi) is 6.18. The fraction of sp³-hybridized carbons (Fsp3) is 0.536. The SMILES string of the molecule is O=C(NC1CCCc2cc(-c3ccc(N4CCOCC4)cc3)ccc21)O[C@H]1CN2CCC1CC2. The second-order valence-corrected chi connectivity index (χ2v) is 10.2. The zero-order valence-electron chi connectivity index (χ0n) is 19.9. The van der Waals surface area contributed by atoms with Gasteiger partial charge in [-0.25, -0.2) is 4.79 Å². The van der Waals surface area contributed by atoms with Crippen LogP contribution in [0.15, 0.2) is 42.5 Å². The van der Waals surface area contributed by atoms with E-state index >= 15 is 0 Å². The van der Waals surface area contributed by atoms with Gasteiger partial charge in [0.25, 0.3) is 0 Å². The monoisotopic (exact) mass is 461 g/mol. The van der Waals surface area contributed by atoms with Crippen molar-refractivity contribution in [1.29, 1.82) is 0 Å². The van der Waals surface area contributed by atoms with Gasteiger partial charge in [-0.05, 0) is 85.5 Å². The zero-order chi connectivity index (χ0) is 22.9. The molecule has 1 amide bonds. The van der Waals surface area contributed by atoms with Gasteiger partial charge in [-0.15, -0.1) is 0 Å². The van der Waals surface area contributed by atoms with Crippen LogP contribution in [0, 0.1) is 5.92 Å². The maximum Gasteiger partial charge on any atom is 0.407 e. The lowest BCUT2D eigenvalue weighted by Gasteiger charge is -2.44. The third-order valence-corrected chi connectivity index (χ3v) is 8.18. The number of piperidine rings is 3. The van der Waals surface area contributed by atoms with E-state index < -0.39 is 0 Å². The molecule has 180 valence electrons. The highest BCUT2D eigenvalue weighted by molar-refractivity contribution is 5.70. The largest absolute Gasteiger partial charge is 0.445 e. The van der Waals surface area contributed by atoms with E-state index in [4.69, 9.17) is 9.47 Å². The van der Waals surface area contributed by atoms with Crippen LogP contribution < -0.4 is 10.2 Å². The minimum Gasteiger partial charge on any atom is -0.445 e. The number of nitrogens with zero attached hydrogens (tertiary/aromatic N) is 2. The number of ether oxygens (including phenoxy) is 2. The molecule has 5 aliphatic rings. The molecule has 34 heavy (non-hydrogen) atoms. The Morgan fingerprint density at radius 3 is 2.44 bits per heavy atom. The molecule has 2 aromatic carbocycles. The molecule has 1 aliphatic carbocycles. The summed E-state index contributed by atoms with van der Waals surface area (Å²) in [4.78, 5) is 17.6. The lowest BCUT2D eigenvalue weighted by Crippen LogP contribution is -2.52. The quantitative estimate of drug-likeness (QED) is 0.732. The van der Waals surface area contributed by atoms with Gasteiger partial charge in [-0.1, -0.05) is 30.3 Å². The molecule has 1 N–H and O–H groups in total. The summed E-state index contributed by atoms with van der Waals surface area (Å²) in [6, 6.07) is 15.6. The topological polar surface area (TPSA) is 54.0 Å². The summed E-state index contributed by atoms with van der Waals surface area (Å²) < 4.78 is 11.4. The van der Waals surface area contributed by atoms with E-state index in [0.29, 0.717) is 5.92 Å². The summed E-state index contributed by atoms with van der Waals surface area (Å²) in [6.07, 6.45) is 5.21. The fourth-order valence-corrected chi connectivity index (χ4v) is 6.19. The molecule has 1 unspecified atom stereocenters. The van der Waals surface area contributed by atoms with Gasteiger partial charge in [0.15, 0.2) is 0 Å². The van der Waals surface area contributed by atoms with Crippen LogP contribution in [0.2, 0.25) is 0 Å². The Morgan fingerprint density at radius 1 is 0.941 bits per heavy atom. The molecule has 0 spiro atoms. The van der Waals surface area contributed by atoms with Crippen molar-refractivity contribution in [1.82, 2.24) is 10.2 Å². The fourth-order valence-electron chi connectivity index (χ4n) is 6.19. The van der Waals surface area contributed by atoms with Gasteiger partial charge in [0.1, 0.15) is 6.10 Å². The van der Waals surface area contributed by atoms with Crippen LogP contribution in [0.5, 0.6) is 0 Å². The van der Waals surface area contributed by atoms with Gasteiger partial charge in [-0.2, -0.15) is 0 Å². The van der Waals surface area contributed by atoms with Crippen molar-refractivity contribution in [2.75, 3.05) is 50.8 Å². The van der Waals surface area contributed by atoms with Crippen molar-refractivity contribution in [3.8, 4) is 11.1 Å². The van der Waals surface area contributed by atoms with Gasteiger partial charge in [0.05, 0.1) is 19.3 Å². The predicted molar refractivity (Wildman–Crippen MR) is 133 cm³/mol. The number of amides is 1. The first-order valence-electron chi connectivity index (χ1n) is 13.0. The summed E-state index contributed by atoms with van der Waals surface area (Å²) in [5, 5.41) is 3.19. The van der Waals surface area contributed by atoms with Crippen molar-refractivity contribution in [3.63, 3.8) is 0 Å². The maximum absolute atomic E-state index is 12.8. The zero-order valence-corrected chi connectivity index (χ0v) is 19.9. The van der Waals surface area contributed by atoms with Gasteiger partial charge in [-0.3, -0.25) is 4.90 Å². The number of hydrogen-bond acceptors (Lipinski definition) is 5. The van der Waals surface area contributed by atoms with Crippen molar-refractivity contribution in [2.24, 2.45) is 5.92 Å². The number of alkyl carbamates (subject to hydrolysis) is 1. The molecule has 2 atom stereocenters. The molecule has 2 bridgehead atoms. The molecule has 6 nitrogen and oxygen atoms in total. The molecule has 4 fully saturated rings. The van der Waals surface area contributed by atoms with E-state index in [9.17, 15) is 4.79 Å². The van der Waals surface area contributed by atoms with Crippen molar-refractivity contribution >= 4 is 11.8 Å². The summed E-state index contributed by atoms with van der Waals surface area (Å²) in [6.45, 7) is 6.71. The average Bonchev–Trinajstić information content (AvgIpc) is 2.90. The standard InChI is InChI=1S/C28H35N3O3/c32-28(34-27-19-30-12-10-21(27)11-13-30)29-26-3-1-2-23-18-22(6-9-25(23)26)20-4-7-24(8-5-20)31-14-16-33-17-15-31/h4-9,18,21,26-27H,1-3,10-17,19H2,(H,29,32)/t26?,27-/m0/s1. The lowest BCUT2D eigenvalue weighted by molar-refractivity contribution is -0.0340. The smallest absolute Gasteiger partial charge is 0.407 e. The van der Waals surface area contributed by atoms with Gasteiger partial charge in [0.2, 0.25) is 0 Å². The number of hydrogen-bond donors (Lipinski definition) is 1. The Balaban J connectivity index is 1.12. The molecule has 2 aromatic rings. The van der Waals surface area contributed by atoms with E-state index in [1.165, 1.54) is 27.9 Å². The van der Waals surface area contributed by atoms with Gasteiger partial charge < -0.3 is 19.7 Å². The first kappa shape index (κ1) is 21.9. The Bertz CT molecular complexity index is 1010. The molecule has 0 saturated carbocycles. The van der Waals surface area contributed by atoms with E-state index in [2.05, 4.69) is 57.6 Å². The summed E-state index contributed by atoms with van der Waals surface area (Å²) in [5.41, 5.74) is 6.31. The molecule has 0 aromatic heterocycles. The molecule has 4 saturated heterocycles. The maximum atomic E-state index is 12.8.